The Labute approximate surface area is 127 Å². The van der Waals surface area contributed by atoms with E-state index in [1.807, 2.05) is 0 Å². The van der Waals surface area contributed by atoms with Crippen LogP contribution in [0.3, 0.4) is 0 Å². The summed E-state index contributed by atoms with van der Waals surface area (Å²) in [5.74, 6) is 1.53. The van der Waals surface area contributed by atoms with Crippen LogP contribution in [0.4, 0.5) is 0 Å². The fourth-order valence-corrected chi connectivity index (χ4v) is 3.80. The van der Waals surface area contributed by atoms with Crippen molar-refractivity contribution in [2.45, 2.75) is 50.1 Å². The highest BCUT2D eigenvalue weighted by Crippen LogP contribution is 2.44. The number of rotatable bonds is 4. The molecule has 0 spiro atoms. The lowest BCUT2D eigenvalue weighted by molar-refractivity contribution is 0.287. The van der Waals surface area contributed by atoms with Crippen molar-refractivity contribution in [1.82, 2.24) is 5.32 Å². The molecule has 108 valence electrons. The van der Waals surface area contributed by atoms with E-state index in [-0.39, 0.29) is 0 Å². The maximum Gasteiger partial charge on any atom is 0.0145 e. The quantitative estimate of drug-likeness (QED) is 0.874. The van der Waals surface area contributed by atoms with Crippen LogP contribution in [0.5, 0.6) is 0 Å². The number of hydrogen-bond donors (Lipinski definition) is 1. The van der Waals surface area contributed by atoms with Crippen molar-refractivity contribution >= 4 is 0 Å². The molecule has 0 bridgehead atoms. The highest BCUT2D eigenvalue weighted by molar-refractivity contribution is 5.32. The molecule has 0 heterocycles. The lowest BCUT2D eigenvalue weighted by atomic mass is 9.74. The van der Waals surface area contributed by atoms with Crippen LogP contribution >= 0.6 is 0 Å². The van der Waals surface area contributed by atoms with Gasteiger partial charge in [0.05, 0.1) is 0 Å². The average molecular weight is 277 g/mol. The molecule has 2 fully saturated rings. The van der Waals surface area contributed by atoms with E-state index in [2.05, 4.69) is 66.8 Å². The Hall–Kier alpha value is -1.60. The van der Waals surface area contributed by atoms with Crippen LogP contribution in [0.25, 0.3) is 0 Å². The molecule has 2 aliphatic carbocycles. The molecular weight excluding hydrogens is 254 g/mol. The monoisotopic (exact) mass is 277 g/mol. The molecule has 0 aliphatic heterocycles. The van der Waals surface area contributed by atoms with Gasteiger partial charge in [-0.3, -0.25) is 0 Å². The van der Waals surface area contributed by atoms with Crippen molar-refractivity contribution in [2.24, 2.45) is 0 Å². The third-order valence-electron chi connectivity index (χ3n) is 5.23. The van der Waals surface area contributed by atoms with E-state index in [0.717, 1.165) is 23.9 Å². The third-order valence-corrected chi connectivity index (χ3v) is 5.23. The van der Waals surface area contributed by atoms with E-state index in [1.165, 1.54) is 30.4 Å². The second kappa shape index (κ2) is 5.31. The minimum absolute atomic E-state index is 0.718. The summed E-state index contributed by atoms with van der Waals surface area (Å²) >= 11 is 0. The van der Waals surface area contributed by atoms with E-state index >= 15 is 0 Å². The molecule has 0 radical (unpaired) electrons. The normalized spacial score (nSPS) is 30.7. The lowest BCUT2D eigenvalue weighted by Crippen LogP contribution is -2.41. The lowest BCUT2D eigenvalue weighted by Gasteiger charge is -2.37. The summed E-state index contributed by atoms with van der Waals surface area (Å²) < 4.78 is 0. The van der Waals surface area contributed by atoms with Gasteiger partial charge in [0.15, 0.2) is 0 Å². The first-order valence-corrected chi connectivity index (χ1v) is 8.18. The fraction of sp³-hybridized carbons (Fsp3) is 0.400. The minimum Gasteiger partial charge on any atom is -0.311 e. The number of aryl methyl sites for hydroxylation is 1. The zero-order chi connectivity index (χ0) is 14.2. The van der Waals surface area contributed by atoms with Crippen LogP contribution in [-0.2, 0) is 0 Å². The molecule has 2 aromatic rings. The van der Waals surface area contributed by atoms with Crippen LogP contribution in [-0.4, -0.2) is 12.1 Å². The van der Waals surface area contributed by atoms with Crippen LogP contribution in [0.1, 0.15) is 47.8 Å². The van der Waals surface area contributed by atoms with Crippen molar-refractivity contribution in [3.8, 4) is 0 Å². The summed E-state index contributed by atoms with van der Waals surface area (Å²) in [5, 5.41) is 3.86. The molecule has 2 aromatic carbocycles. The fourth-order valence-electron chi connectivity index (χ4n) is 3.80. The van der Waals surface area contributed by atoms with E-state index in [1.54, 1.807) is 5.56 Å². The Kier molecular flexibility index (Phi) is 3.31. The molecule has 1 N–H and O–H groups in total. The summed E-state index contributed by atoms with van der Waals surface area (Å²) in [4.78, 5) is 0. The van der Waals surface area contributed by atoms with Gasteiger partial charge in [-0.2, -0.15) is 0 Å². The Morgan fingerprint density at radius 2 is 1.57 bits per heavy atom. The predicted molar refractivity (Wildman–Crippen MR) is 87.7 cm³/mol. The highest BCUT2D eigenvalue weighted by Gasteiger charge is 2.42. The van der Waals surface area contributed by atoms with E-state index < -0.39 is 0 Å². The molecule has 0 saturated heterocycles. The van der Waals surface area contributed by atoms with E-state index in [0.29, 0.717) is 0 Å². The van der Waals surface area contributed by atoms with Gasteiger partial charge in [-0.05, 0) is 48.8 Å². The van der Waals surface area contributed by atoms with Gasteiger partial charge in [0.1, 0.15) is 0 Å². The van der Waals surface area contributed by atoms with Gasteiger partial charge < -0.3 is 5.32 Å². The van der Waals surface area contributed by atoms with Gasteiger partial charge in [0.25, 0.3) is 0 Å². The van der Waals surface area contributed by atoms with Crippen LogP contribution < -0.4 is 5.32 Å². The molecule has 0 amide bonds. The maximum absolute atomic E-state index is 3.86. The first-order chi connectivity index (χ1) is 10.3. The zero-order valence-electron chi connectivity index (χ0n) is 12.6. The zero-order valence-corrected chi connectivity index (χ0v) is 12.6. The van der Waals surface area contributed by atoms with Gasteiger partial charge >= 0.3 is 0 Å². The Morgan fingerprint density at radius 3 is 2.33 bits per heavy atom. The third kappa shape index (κ3) is 2.63. The first-order valence-electron chi connectivity index (χ1n) is 8.18. The molecule has 1 nitrogen and oxygen atoms in total. The topological polar surface area (TPSA) is 12.0 Å². The molecule has 2 unspecified atom stereocenters. The van der Waals surface area contributed by atoms with Crippen molar-refractivity contribution in [3.05, 3.63) is 71.3 Å². The summed E-state index contributed by atoms with van der Waals surface area (Å²) in [6.07, 6.45) is 3.93. The van der Waals surface area contributed by atoms with E-state index in [4.69, 9.17) is 0 Å². The molecule has 4 rings (SSSR count). The highest BCUT2D eigenvalue weighted by atomic mass is 15.0. The Morgan fingerprint density at radius 1 is 0.857 bits per heavy atom. The second-order valence-corrected chi connectivity index (χ2v) is 6.75. The molecule has 2 saturated carbocycles. The second-order valence-electron chi connectivity index (χ2n) is 6.75. The minimum atomic E-state index is 0.718. The average Bonchev–Trinajstić information content (AvgIpc) is 3.24. The smallest absolute Gasteiger partial charge is 0.0145 e. The maximum atomic E-state index is 3.86. The van der Waals surface area contributed by atoms with Crippen molar-refractivity contribution < 1.29 is 0 Å². The standard InChI is InChI=1S/C20H23N/c1-14-7-5-6-10-18(14)16-11-17(12-16)21-20-13-19(20)15-8-3-2-4-9-15/h2-10,16-17,19-21H,11-13H2,1H3. The van der Waals surface area contributed by atoms with Gasteiger partial charge in [-0.1, -0.05) is 54.6 Å². The Bertz CT molecular complexity index is 613. The molecule has 2 aliphatic rings. The summed E-state index contributed by atoms with van der Waals surface area (Å²) in [5.41, 5.74) is 4.52. The Balaban J connectivity index is 1.29. The van der Waals surface area contributed by atoms with Crippen LogP contribution in [0.15, 0.2) is 54.6 Å². The van der Waals surface area contributed by atoms with Crippen molar-refractivity contribution in [2.75, 3.05) is 0 Å². The summed E-state index contributed by atoms with van der Waals surface area (Å²) in [6.45, 7) is 2.24. The summed E-state index contributed by atoms with van der Waals surface area (Å²) in [6, 6.07) is 21.3. The molecule has 2 atom stereocenters. The summed E-state index contributed by atoms with van der Waals surface area (Å²) in [7, 11) is 0. The molecular formula is C20H23N. The van der Waals surface area contributed by atoms with E-state index in [9.17, 15) is 0 Å². The molecule has 21 heavy (non-hydrogen) atoms. The number of nitrogens with one attached hydrogen (secondary N) is 1. The SMILES string of the molecule is Cc1ccccc1C1CC(NC2CC2c2ccccc2)C1. The van der Waals surface area contributed by atoms with Crippen LogP contribution in [0, 0.1) is 6.92 Å². The molecule has 0 aromatic heterocycles. The van der Waals surface area contributed by atoms with Crippen molar-refractivity contribution in [1.29, 1.82) is 0 Å². The number of benzene rings is 2. The predicted octanol–water partition coefficient (Wildman–Crippen LogP) is 4.39. The van der Waals surface area contributed by atoms with Gasteiger partial charge in [0, 0.05) is 18.0 Å². The largest absolute Gasteiger partial charge is 0.311 e. The molecule has 1 heteroatoms. The van der Waals surface area contributed by atoms with Crippen LogP contribution in [0.2, 0.25) is 0 Å². The van der Waals surface area contributed by atoms with Gasteiger partial charge in [-0.15, -0.1) is 0 Å². The number of hydrogen-bond acceptors (Lipinski definition) is 1. The van der Waals surface area contributed by atoms with Gasteiger partial charge in [-0.25, -0.2) is 0 Å². The first kappa shape index (κ1) is 13.1. The van der Waals surface area contributed by atoms with Crippen molar-refractivity contribution in [3.63, 3.8) is 0 Å². The van der Waals surface area contributed by atoms with Gasteiger partial charge in [0.2, 0.25) is 0 Å².